The number of alkyl halides is 3. The van der Waals surface area contributed by atoms with Crippen molar-refractivity contribution in [2.75, 3.05) is 19.6 Å². The van der Waals surface area contributed by atoms with E-state index in [2.05, 4.69) is 37.0 Å². The average Bonchev–Trinajstić information content (AvgIpc) is 3.64. The van der Waals surface area contributed by atoms with E-state index in [1.165, 1.54) is 31.4 Å². The van der Waals surface area contributed by atoms with Gasteiger partial charge in [-0.25, -0.2) is 0 Å². The molecule has 9 rings (SSSR count). The van der Waals surface area contributed by atoms with Gasteiger partial charge in [-0.2, -0.15) is 13.2 Å². The van der Waals surface area contributed by atoms with E-state index in [0.29, 0.717) is 25.0 Å². The maximum absolute atomic E-state index is 15.0. The van der Waals surface area contributed by atoms with Gasteiger partial charge in [-0.3, -0.25) is 4.79 Å². The van der Waals surface area contributed by atoms with Crippen LogP contribution in [0.25, 0.3) is 11.3 Å². The molecule has 8 unspecified atom stereocenters. The number of hydrogen-bond acceptors (Lipinski definition) is 5. The van der Waals surface area contributed by atoms with E-state index in [-0.39, 0.29) is 45.1 Å². The van der Waals surface area contributed by atoms with Crippen LogP contribution >= 0.6 is 11.6 Å². The van der Waals surface area contributed by atoms with Gasteiger partial charge in [0.1, 0.15) is 5.76 Å². The zero-order valence-corrected chi connectivity index (χ0v) is 29.9. The number of allylic oxidation sites excluding steroid dienone is 4. The molecule has 6 aliphatic carbocycles. The molecule has 2 spiro atoms. The SMILES string of the molecule is CC12CCC(O)CC13C=CC1(C(C(=O)c4ccc(-c5cc(C(F)(F)F)ccc5Cl)o4)=C3)C2CCC2(C)C1CCC2(O)CN1CCCCCCC1. The molecule has 0 radical (unpaired) electrons. The predicted molar refractivity (Wildman–Crippen MR) is 187 cm³/mol. The minimum Gasteiger partial charge on any atom is -0.453 e. The third kappa shape index (κ3) is 4.94. The number of benzene rings is 1. The number of hydrogen-bond donors (Lipinski definition) is 2. The van der Waals surface area contributed by atoms with Gasteiger partial charge in [0.25, 0.3) is 0 Å². The number of ketones is 1. The lowest BCUT2D eigenvalue weighted by Crippen LogP contribution is -2.67. The second kappa shape index (κ2) is 11.8. The molecule has 4 fully saturated rings. The van der Waals surface area contributed by atoms with Crippen molar-refractivity contribution in [2.24, 2.45) is 33.5 Å². The third-order valence-electron chi connectivity index (χ3n) is 14.8. The van der Waals surface area contributed by atoms with E-state index >= 15 is 0 Å². The Bertz CT molecular complexity index is 1740. The van der Waals surface area contributed by atoms with Crippen LogP contribution in [0.3, 0.4) is 0 Å². The fourth-order valence-corrected chi connectivity index (χ4v) is 12.3. The average molecular weight is 712 g/mol. The molecule has 2 aromatic rings. The number of carbonyl (C=O) groups excluding carboxylic acids is 1. The van der Waals surface area contributed by atoms with Crippen LogP contribution in [0.5, 0.6) is 0 Å². The Balaban J connectivity index is 1.20. The van der Waals surface area contributed by atoms with E-state index in [1.54, 1.807) is 6.07 Å². The zero-order chi connectivity index (χ0) is 35.3. The molecule has 1 aliphatic heterocycles. The van der Waals surface area contributed by atoms with Gasteiger partial charge in [-0.1, -0.05) is 62.9 Å². The summed E-state index contributed by atoms with van der Waals surface area (Å²) < 4.78 is 46.9. The van der Waals surface area contributed by atoms with Gasteiger partial charge in [0.05, 0.1) is 22.3 Å². The van der Waals surface area contributed by atoms with Crippen molar-refractivity contribution < 1.29 is 32.6 Å². The van der Waals surface area contributed by atoms with E-state index in [1.807, 2.05) is 0 Å². The van der Waals surface area contributed by atoms with Crippen LogP contribution in [-0.4, -0.2) is 52.2 Å². The first-order valence-corrected chi connectivity index (χ1v) is 19.1. The van der Waals surface area contributed by atoms with Crippen molar-refractivity contribution in [1.29, 1.82) is 0 Å². The summed E-state index contributed by atoms with van der Waals surface area (Å²) in [5.41, 5.74) is -2.77. The molecule has 9 heteroatoms. The standard InChI is InChI=1S/C41H49ClF3NO4/c1-36-15-12-27(47)23-38(36)18-19-40(29(24-38)35(48)32-11-10-31(50-32)28-22-26(41(43,44)45)8-9-30(28)42)33(36)13-16-37(2)34(40)14-17-39(37,49)25-46-20-6-4-3-5-7-21-46/h8-11,18-19,22,24,27,33-34,47,49H,3-7,12-17,20-21,23,25H2,1-2H3. The summed E-state index contributed by atoms with van der Waals surface area (Å²) >= 11 is 6.37. The molecule has 5 nitrogen and oxygen atoms in total. The number of aliphatic hydroxyl groups excluding tert-OH is 1. The Hall–Kier alpha value is -2.39. The van der Waals surface area contributed by atoms with Crippen molar-refractivity contribution >= 4 is 17.4 Å². The lowest BCUT2D eigenvalue weighted by Gasteiger charge is -2.71. The number of Topliss-reactive ketones (excluding diaryl/α,β-unsaturated/α-hetero) is 1. The molecule has 1 saturated heterocycles. The van der Waals surface area contributed by atoms with Crippen LogP contribution < -0.4 is 0 Å². The molecule has 3 saturated carbocycles. The molecule has 1 aromatic heterocycles. The summed E-state index contributed by atoms with van der Waals surface area (Å²) in [6.45, 7) is 7.26. The third-order valence-corrected chi connectivity index (χ3v) is 15.1. The van der Waals surface area contributed by atoms with E-state index in [4.69, 9.17) is 16.0 Å². The highest BCUT2D eigenvalue weighted by molar-refractivity contribution is 6.33. The molecule has 7 aliphatic rings. The highest BCUT2D eigenvalue weighted by atomic mass is 35.5. The van der Waals surface area contributed by atoms with Crippen LogP contribution in [0.4, 0.5) is 13.2 Å². The largest absolute Gasteiger partial charge is 0.453 e. The predicted octanol–water partition coefficient (Wildman–Crippen LogP) is 9.66. The fourth-order valence-electron chi connectivity index (χ4n) is 12.1. The molecule has 270 valence electrons. The summed E-state index contributed by atoms with van der Waals surface area (Å²) in [4.78, 5) is 17.4. The van der Waals surface area contributed by atoms with Crippen LogP contribution in [0.1, 0.15) is 107 Å². The highest BCUT2D eigenvalue weighted by Crippen LogP contribution is 2.78. The Morgan fingerprint density at radius 2 is 1.62 bits per heavy atom. The van der Waals surface area contributed by atoms with Crippen LogP contribution in [0, 0.1) is 33.5 Å². The second-order valence-electron chi connectivity index (χ2n) is 17.0. The summed E-state index contributed by atoms with van der Waals surface area (Å²) in [5, 5.41) is 23.9. The maximum Gasteiger partial charge on any atom is 0.416 e. The molecule has 0 amide bonds. The first kappa shape index (κ1) is 34.7. The number of halogens is 4. The van der Waals surface area contributed by atoms with E-state index in [9.17, 15) is 28.2 Å². The Morgan fingerprint density at radius 1 is 0.940 bits per heavy atom. The van der Waals surface area contributed by atoms with Crippen molar-refractivity contribution in [3.63, 3.8) is 0 Å². The van der Waals surface area contributed by atoms with Crippen molar-refractivity contribution in [3.05, 3.63) is 70.5 Å². The van der Waals surface area contributed by atoms with Gasteiger partial charge in [0, 0.05) is 33.9 Å². The minimum absolute atomic E-state index is 0.00859. The molecular weight excluding hydrogens is 663 g/mol. The summed E-state index contributed by atoms with van der Waals surface area (Å²) in [6.07, 6.45) is 13.0. The molecule has 1 aromatic carbocycles. The second-order valence-corrected chi connectivity index (χ2v) is 17.4. The maximum atomic E-state index is 15.0. The van der Waals surface area contributed by atoms with Gasteiger partial charge in [0.2, 0.25) is 5.78 Å². The van der Waals surface area contributed by atoms with Gasteiger partial charge < -0.3 is 19.5 Å². The molecule has 2 bridgehead atoms. The smallest absolute Gasteiger partial charge is 0.416 e. The number of aliphatic hydroxyl groups is 2. The van der Waals surface area contributed by atoms with Crippen molar-refractivity contribution in [2.45, 2.75) is 109 Å². The number of nitrogens with zero attached hydrogens (tertiary/aromatic N) is 1. The first-order valence-electron chi connectivity index (χ1n) is 18.7. The number of rotatable bonds is 5. The van der Waals surface area contributed by atoms with Gasteiger partial charge in [-0.05, 0) is 118 Å². The zero-order valence-electron chi connectivity index (χ0n) is 29.1. The number of β-amino-alcohol motifs (C(OH)–C–C–N with tert-alkyl or cyclic N) is 1. The van der Waals surface area contributed by atoms with Crippen LogP contribution in [0.2, 0.25) is 5.02 Å². The lowest BCUT2D eigenvalue weighted by molar-refractivity contribution is -0.176. The minimum atomic E-state index is -4.56. The summed E-state index contributed by atoms with van der Waals surface area (Å²) in [7, 11) is 0. The quantitative estimate of drug-likeness (QED) is 0.239. The lowest BCUT2D eigenvalue weighted by atomic mass is 9.32. The number of furan rings is 1. The van der Waals surface area contributed by atoms with Crippen LogP contribution in [-0.2, 0) is 6.18 Å². The molecule has 8 atom stereocenters. The Kier molecular flexibility index (Phi) is 8.19. The summed E-state index contributed by atoms with van der Waals surface area (Å²) in [6, 6.07) is 6.17. The highest BCUT2D eigenvalue weighted by Gasteiger charge is 2.74. The topological polar surface area (TPSA) is 73.9 Å². The Morgan fingerprint density at radius 3 is 2.36 bits per heavy atom. The fraction of sp³-hybridized carbons (Fsp3) is 0.634. The Labute approximate surface area is 297 Å². The molecular formula is C41H49ClF3NO4. The molecule has 50 heavy (non-hydrogen) atoms. The summed E-state index contributed by atoms with van der Waals surface area (Å²) in [5.74, 6) is 0.0203. The van der Waals surface area contributed by atoms with Crippen molar-refractivity contribution in [1.82, 2.24) is 4.90 Å². The van der Waals surface area contributed by atoms with E-state index < -0.39 is 39.7 Å². The van der Waals surface area contributed by atoms with Gasteiger partial charge in [0.15, 0.2) is 5.76 Å². The van der Waals surface area contributed by atoms with E-state index in [0.717, 1.165) is 70.2 Å². The first-order chi connectivity index (χ1) is 23.7. The number of carbonyl (C=O) groups is 1. The monoisotopic (exact) mass is 711 g/mol. The number of fused-ring (bicyclic) bond motifs is 1. The van der Waals surface area contributed by atoms with Gasteiger partial charge >= 0.3 is 6.18 Å². The van der Waals surface area contributed by atoms with Crippen LogP contribution in [0.15, 0.2) is 58.6 Å². The molecule has 2 heterocycles. The van der Waals surface area contributed by atoms with Crippen molar-refractivity contribution in [3.8, 4) is 11.3 Å². The normalized spacial score (nSPS) is 40.0. The molecule has 2 N–H and O–H groups in total. The van der Waals surface area contributed by atoms with Gasteiger partial charge in [-0.15, -0.1) is 0 Å². The number of likely N-dealkylation sites (tertiary alicyclic amines) is 1.